The number of hydrogen-bond donors (Lipinski definition) is 0. The van der Waals surface area contributed by atoms with Crippen molar-refractivity contribution in [2.24, 2.45) is 7.05 Å². The third kappa shape index (κ3) is 1.87. The number of pyridine rings is 2. The molecule has 0 saturated heterocycles. The Kier molecular flexibility index (Phi) is 2.86. The molecule has 0 fully saturated rings. The predicted octanol–water partition coefficient (Wildman–Crippen LogP) is 3.76. The molecule has 1 aliphatic carbocycles. The molecule has 0 atom stereocenters. The quantitative estimate of drug-likeness (QED) is 0.487. The highest BCUT2D eigenvalue weighted by Gasteiger charge is 2.28. The minimum atomic E-state index is 0.988. The maximum atomic E-state index is 4.28. The first kappa shape index (κ1) is 13.2. The molecule has 0 amide bonds. The summed E-state index contributed by atoms with van der Waals surface area (Å²) in [5, 5.41) is 0. The molecule has 2 heterocycles. The molecule has 0 unspecified atom stereocenters. The highest BCUT2D eigenvalue weighted by atomic mass is 15.0. The second-order valence-corrected chi connectivity index (χ2v) is 6.17. The molecule has 0 bridgehead atoms. The Morgan fingerprint density at radius 1 is 0.955 bits per heavy atom. The van der Waals surface area contributed by atoms with Crippen molar-refractivity contribution in [2.75, 3.05) is 0 Å². The lowest BCUT2D eigenvalue weighted by atomic mass is 10.0. The Bertz CT molecular complexity index is 894. The van der Waals surface area contributed by atoms with Crippen molar-refractivity contribution >= 4 is 0 Å². The Morgan fingerprint density at radius 2 is 1.82 bits per heavy atom. The molecule has 22 heavy (non-hydrogen) atoms. The Morgan fingerprint density at radius 3 is 2.68 bits per heavy atom. The fraction of sp³-hybridized carbons (Fsp3) is 0.200. The van der Waals surface area contributed by atoms with Crippen LogP contribution in [0.15, 0.2) is 48.8 Å². The molecule has 0 radical (unpaired) electrons. The summed E-state index contributed by atoms with van der Waals surface area (Å²) in [5.41, 5.74) is 10.6. The van der Waals surface area contributed by atoms with E-state index in [1.807, 2.05) is 12.4 Å². The van der Waals surface area contributed by atoms with Gasteiger partial charge in [-0.25, -0.2) is 0 Å². The molecule has 0 N–H and O–H groups in total. The van der Waals surface area contributed by atoms with Gasteiger partial charge in [0, 0.05) is 29.6 Å². The predicted molar refractivity (Wildman–Crippen MR) is 88.6 cm³/mol. The minimum Gasteiger partial charge on any atom is -0.264 e. The SMILES string of the molecule is Cc1ccc(C)c(-c2ccc3c([n+]2C)Cc2ccncc2-3)c1. The summed E-state index contributed by atoms with van der Waals surface area (Å²) in [4.78, 5) is 4.28. The third-order valence-corrected chi connectivity index (χ3v) is 4.71. The van der Waals surface area contributed by atoms with E-state index in [4.69, 9.17) is 0 Å². The summed E-state index contributed by atoms with van der Waals surface area (Å²) < 4.78 is 2.34. The number of fused-ring (bicyclic) bond motifs is 3. The number of aromatic nitrogens is 2. The Balaban J connectivity index is 1.92. The van der Waals surface area contributed by atoms with Crippen LogP contribution in [0.4, 0.5) is 0 Å². The molecule has 0 saturated carbocycles. The monoisotopic (exact) mass is 287 g/mol. The van der Waals surface area contributed by atoms with Gasteiger partial charge < -0.3 is 0 Å². The molecule has 4 rings (SSSR count). The van der Waals surface area contributed by atoms with Gasteiger partial charge >= 0.3 is 0 Å². The average Bonchev–Trinajstić information content (AvgIpc) is 2.90. The van der Waals surface area contributed by atoms with E-state index in [0.717, 1.165) is 6.42 Å². The first-order chi connectivity index (χ1) is 10.6. The van der Waals surface area contributed by atoms with Gasteiger partial charge in [-0.15, -0.1) is 0 Å². The zero-order valence-corrected chi connectivity index (χ0v) is 13.2. The van der Waals surface area contributed by atoms with E-state index < -0.39 is 0 Å². The zero-order valence-electron chi connectivity index (χ0n) is 13.2. The van der Waals surface area contributed by atoms with E-state index in [-0.39, 0.29) is 0 Å². The normalized spacial score (nSPS) is 12.1. The Labute approximate surface area is 131 Å². The van der Waals surface area contributed by atoms with Crippen LogP contribution in [0.1, 0.15) is 22.4 Å². The van der Waals surface area contributed by atoms with Crippen molar-refractivity contribution < 1.29 is 4.57 Å². The molecule has 2 heteroatoms. The van der Waals surface area contributed by atoms with Crippen LogP contribution >= 0.6 is 0 Å². The van der Waals surface area contributed by atoms with Crippen molar-refractivity contribution in [1.29, 1.82) is 0 Å². The van der Waals surface area contributed by atoms with Crippen LogP contribution in [0.25, 0.3) is 22.4 Å². The fourth-order valence-corrected chi connectivity index (χ4v) is 3.44. The van der Waals surface area contributed by atoms with E-state index in [1.54, 1.807) is 0 Å². The third-order valence-electron chi connectivity index (χ3n) is 4.71. The molecule has 2 nitrogen and oxygen atoms in total. The first-order valence-electron chi connectivity index (χ1n) is 7.68. The van der Waals surface area contributed by atoms with Crippen molar-refractivity contribution in [3.63, 3.8) is 0 Å². The number of benzene rings is 1. The van der Waals surface area contributed by atoms with Crippen LogP contribution in [-0.4, -0.2) is 4.98 Å². The molecular formula is C20H19N2+. The second kappa shape index (κ2) is 4.77. The second-order valence-electron chi connectivity index (χ2n) is 6.17. The number of nitrogens with zero attached hydrogens (tertiary/aromatic N) is 2. The zero-order chi connectivity index (χ0) is 15.3. The molecule has 0 spiro atoms. The highest BCUT2D eigenvalue weighted by Crippen LogP contribution is 2.35. The summed E-state index contributed by atoms with van der Waals surface area (Å²) in [7, 11) is 2.18. The summed E-state index contributed by atoms with van der Waals surface area (Å²) in [6.45, 7) is 4.33. The minimum absolute atomic E-state index is 0.988. The van der Waals surface area contributed by atoms with Gasteiger partial charge in [0.05, 0.1) is 12.0 Å². The summed E-state index contributed by atoms with van der Waals surface area (Å²) in [5.74, 6) is 0. The van der Waals surface area contributed by atoms with E-state index in [0.29, 0.717) is 0 Å². The standard InChI is InChI=1S/C20H19N2/c1-13-4-5-14(2)17(10-13)19-7-6-16-18-12-21-9-8-15(18)11-20(16)22(19)3/h4-10,12H,11H2,1-3H3/q+1. The number of aryl methyl sites for hydroxylation is 2. The summed E-state index contributed by atoms with van der Waals surface area (Å²) in [6, 6.07) is 13.3. The van der Waals surface area contributed by atoms with Crippen LogP contribution in [0.5, 0.6) is 0 Å². The van der Waals surface area contributed by atoms with Gasteiger partial charge in [0.2, 0.25) is 5.69 Å². The molecule has 3 aromatic rings. The number of hydrogen-bond acceptors (Lipinski definition) is 1. The lowest BCUT2D eigenvalue weighted by Crippen LogP contribution is -2.36. The first-order valence-corrected chi connectivity index (χ1v) is 7.68. The molecular weight excluding hydrogens is 268 g/mol. The summed E-state index contributed by atoms with van der Waals surface area (Å²) in [6.07, 6.45) is 4.86. The maximum absolute atomic E-state index is 4.28. The van der Waals surface area contributed by atoms with Crippen molar-refractivity contribution in [3.05, 3.63) is 71.2 Å². The van der Waals surface area contributed by atoms with Crippen LogP contribution < -0.4 is 4.57 Å². The largest absolute Gasteiger partial charge is 0.264 e. The average molecular weight is 287 g/mol. The van der Waals surface area contributed by atoms with Crippen LogP contribution in [0.3, 0.4) is 0 Å². The van der Waals surface area contributed by atoms with Gasteiger partial charge in [-0.05, 0) is 43.2 Å². The van der Waals surface area contributed by atoms with Gasteiger partial charge in [0.15, 0.2) is 5.69 Å². The van der Waals surface area contributed by atoms with Crippen LogP contribution in [0, 0.1) is 13.8 Å². The molecule has 108 valence electrons. The lowest BCUT2D eigenvalue weighted by Gasteiger charge is -2.08. The Hall–Kier alpha value is -2.48. The maximum Gasteiger partial charge on any atom is 0.212 e. The molecule has 1 aliphatic rings. The van der Waals surface area contributed by atoms with Gasteiger partial charge in [-0.2, -0.15) is 4.57 Å². The van der Waals surface area contributed by atoms with Gasteiger partial charge in [0.25, 0.3) is 0 Å². The molecule has 2 aromatic heterocycles. The van der Waals surface area contributed by atoms with E-state index in [1.165, 1.54) is 44.8 Å². The van der Waals surface area contributed by atoms with Crippen molar-refractivity contribution in [3.8, 4) is 22.4 Å². The topological polar surface area (TPSA) is 16.8 Å². The van der Waals surface area contributed by atoms with Gasteiger partial charge in [-0.1, -0.05) is 17.7 Å². The fourth-order valence-electron chi connectivity index (χ4n) is 3.44. The lowest BCUT2D eigenvalue weighted by molar-refractivity contribution is -0.666. The van der Waals surface area contributed by atoms with Gasteiger partial charge in [0.1, 0.15) is 7.05 Å². The van der Waals surface area contributed by atoms with E-state index >= 15 is 0 Å². The smallest absolute Gasteiger partial charge is 0.212 e. The van der Waals surface area contributed by atoms with E-state index in [9.17, 15) is 0 Å². The van der Waals surface area contributed by atoms with Gasteiger partial charge in [-0.3, -0.25) is 4.98 Å². The number of rotatable bonds is 1. The molecule has 1 aromatic carbocycles. The van der Waals surface area contributed by atoms with Crippen LogP contribution in [0.2, 0.25) is 0 Å². The van der Waals surface area contributed by atoms with Crippen molar-refractivity contribution in [2.45, 2.75) is 20.3 Å². The van der Waals surface area contributed by atoms with Crippen LogP contribution in [-0.2, 0) is 13.5 Å². The highest BCUT2D eigenvalue weighted by molar-refractivity contribution is 5.75. The summed E-state index contributed by atoms with van der Waals surface area (Å²) >= 11 is 0. The van der Waals surface area contributed by atoms with Crippen molar-refractivity contribution in [1.82, 2.24) is 4.98 Å². The molecule has 0 aliphatic heterocycles. The van der Waals surface area contributed by atoms with E-state index in [2.05, 4.69) is 66.8 Å².